The van der Waals surface area contributed by atoms with E-state index in [1.807, 2.05) is 0 Å². The predicted molar refractivity (Wildman–Crippen MR) is 44.0 cm³/mol. The molecule has 54 valence electrons. The van der Waals surface area contributed by atoms with Gasteiger partial charge in [0.25, 0.3) is 0 Å². The summed E-state index contributed by atoms with van der Waals surface area (Å²) in [5.41, 5.74) is 0. The summed E-state index contributed by atoms with van der Waals surface area (Å²) in [6, 6.07) is 0. The van der Waals surface area contributed by atoms with Crippen LogP contribution in [0, 0.1) is 0 Å². The van der Waals surface area contributed by atoms with Crippen molar-refractivity contribution in [2.24, 2.45) is 0 Å². The van der Waals surface area contributed by atoms with Crippen LogP contribution >= 0.6 is 43.2 Å². The number of hydrogen-bond acceptors (Lipinski definition) is 3. The molecular formula is C5HBr2O2S-. The van der Waals surface area contributed by atoms with Crippen LogP contribution in [0.1, 0.15) is 9.67 Å². The lowest BCUT2D eigenvalue weighted by Crippen LogP contribution is -2.21. The van der Waals surface area contributed by atoms with E-state index in [0.29, 0.717) is 4.47 Å². The third kappa shape index (κ3) is 1.41. The maximum absolute atomic E-state index is 10.3. The number of halogens is 2. The Labute approximate surface area is 78.1 Å². The molecule has 0 radical (unpaired) electrons. The number of carboxylic acid groups (broad SMARTS) is 1. The molecule has 0 unspecified atom stereocenters. The molecule has 0 aliphatic heterocycles. The summed E-state index contributed by atoms with van der Waals surface area (Å²) < 4.78 is 1.30. The van der Waals surface area contributed by atoms with Crippen LogP contribution in [0.5, 0.6) is 0 Å². The zero-order valence-corrected chi connectivity index (χ0v) is 8.55. The van der Waals surface area contributed by atoms with Crippen molar-refractivity contribution < 1.29 is 9.90 Å². The van der Waals surface area contributed by atoms with E-state index in [2.05, 4.69) is 31.9 Å². The minimum atomic E-state index is -1.15. The molecule has 0 aliphatic rings. The van der Waals surface area contributed by atoms with Gasteiger partial charge in [0.2, 0.25) is 0 Å². The highest BCUT2D eigenvalue weighted by atomic mass is 79.9. The molecule has 1 aromatic heterocycles. The summed E-state index contributed by atoms with van der Waals surface area (Å²) in [6.45, 7) is 0. The van der Waals surface area contributed by atoms with Gasteiger partial charge in [0.1, 0.15) is 0 Å². The van der Waals surface area contributed by atoms with Crippen molar-refractivity contribution in [3.8, 4) is 0 Å². The van der Waals surface area contributed by atoms with Crippen LogP contribution in [0.15, 0.2) is 14.3 Å². The topological polar surface area (TPSA) is 40.1 Å². The first kappa shape index (κ1) is 8.23. The Hall–Kier alpha value is 0.130. The second-order valence-electron chi connectivity index (χ2n) is 1.51. The molecular weight excluding hydrogens is 284 g/mol. The van der Waals surface area contributed by atoms with Gasteiger partial charge in [0.15, 0.2) is 0 Å². The van der Waals surface area contributed by atoms with Crippen LogP contribution < -0.4 is 5.11 Å². The van der Waals surface area contributed by atoms with E-state index in [1.54, 1.807) is 5.38 Å². The molecule has 0 N–H and O–H groups in total. The third-order valence-corrected chi connectivity index (χ3v) is 4.38. The van der Waals surface area contributed by atoms with Crippen LogP contribution in [0.25, 0.3) is 0 Å². The first-order valence-electron chi connectivity index (χ1n) is 2.26. The lowest BCUT2D eigenvalue weighted by molar-refractivity contribution is -0.254. The fourth-order valence-corrected chi connectivity index (χ4v) is 2.43. The molecule has 5 heteroatoms. The molecule has 0 bridgehead atoms. The highest BCUT2D eigenvalue weighted by molar-refractivity contribution is 9.13. The summed E-state index contributed by atoms with van der Waals surface area (Å²) >= 11 is 7.38. The quantitative estimate of drug-likeness (QED) is 0.787. The number of carbonyl (C=O) groups is 1. The molecule has 2 nitrogen and oxygen atoms in total. The molecule has 0 saturated carbocycles. The number of aromatic carboxylic acids is 1. The van der Waals surface area contributed by atoms with Crippen molar-refractivity contribution in [3.05, 3.63) is 19.2 Å². The lowest BCUT2D eigenvalue weighted by atomic mass is 10.5. The Bertz CT molecular complexity index is 269. The third-order valence-electron chi connectivity index (χ3n) is 0.875. The van der Waals surface area contributed by atoms with Gasteiger partial charge in [-0.05, 0) is 31.9 Å². The zero-order valence-electron chi connectivity index (χ0n) is 4.56. The number of rotatable bonds is 1. The number of hydrogen-bond donors (Lipinski definition) is 0. The monoisotopic (exact) mass is 283 g/mol. The Morgan fingerprint density at radius 3 is 2.40 bits per heavy atom. The van der Waals surface area contributed by atoms with E-state index in [0.717, 1.165) is 15.8 Å². The molecule has 0 atom stereocenters. The average Bonchev–Trinajstić information content (AvgIpc) is 2.14. The Morgan fingerprint density at radius 2 is 2.20 bits per heavy atom. The number of carbonyl (C=O) groups excluding carboxylic acids is 1. The van der Waals surface area contributed by atoms with Crippen LogP contribution in [0.4, 0.5) is 0 Å². The molecule has 0 saturated heterocycles. The highest BCUT2D eigenvalue weighted by Crippen LogP contribution is 2.31. The first-order chi connectivity index (χ1) is 4.63. The Balaban J connectivity index is 3.17. The zero-order chi connectivity index (χ0) is 7.72. The molecule has 1 heterocycles. The SMILES string of the molecule is O=C([O-])c1scc(Br)c1Br. The van der Waals surface area contributed by atoms with Crippen molar-refractivity contribution in [1.82, 2.24) is 0 Å². The van der Waals surface area contributed by atoms with Crippen molar-refractivity contribution in [3.63, 3.8) is 0 Å². The van der Waals surface area contributed by atoms with Crippen molar-refractivity contribution in [2.45, 2.75) is 0 Å². The normalized spacial score (nSPS) is 9.80. The standard InChI is InChI=1S/C5H2Br2O2S/c6-2-1-10-4(3(2)7)5(8)9/h1H,(H,8,9)/p-1. The van der Waals surface area contributed by atoms with E-state index in [-0.39, 0.29) is 4.88 Å². The van der Waals surface area contributed by atoms with Gasteiger partial charge in [-0.3, -0.25) is 0 Å². The average molecular weight is 285 g/mol. The molecule has 0 aliphatic carbocycles. The van der Waals surface area contributed by atoms with Gasteiger partial charge < -0.3 is 9.90 Å². The number of carboxylic acids is 1. The summed E-state index contributed by atoms with van der Waals surface area (Å²) in [5, 5.41) is 12.0. The summed E-state index contributed by atoms with van der Waals surface area (Å²) in [6.07, 6.45) is 0. The molecule has 0 spiro atoms. The molecule has 0 fully saturated rings. The molecule has 0 amide bonds. The van der Waals surface area contributed by atoms with Gasteiger partial charge in [0.05, 0.1) is 15.3 Å². The Morgan fingerprint density at radius 1 is 1.60 bits per heavy atom. The highest BCUT2D eigenvalue weighted by Gasteiger charge is 2.06. The maximum Gasteiger partial charge on any atom is 0.0827 e. The molecule has 1 aromatic rings. The van der Waals surface area contributed by atoms with Crippen LogP contribution in [-0.4, -0.2) is 5.97 Å². The largest absolute Gasteiger partial charge is 0.544 e. The second-order valence-corrected chi connectivity index (χ2v) is 4.04. The summed E-state index contributed by atoms with van der Waals surface area (Å²) in [7, 11) is 0. The minimum Gasteiger partial charge on any atom is -0.544 e. The van der Waals surface area contributed by atoms with Crippen LogP contribution in [0.2, 0.25) is 0 Å². The van der Waals surface area contributed by atoms with E-state index in [1.165, 1.54) is 0 Å². The summed E-state index contributed by atoms with van der Waals surface area (Å²) in [5.74, 6) is -1.15. The maximum atomic E-state index is 10.3. The van der Waals surface area contributed by atoms with E-state index in [4.69, 9.17) is 0 Å². The molecule has 0 aromatic carbocycles. The predicted octanol–water partition coefficient (Wildman–Crippen LogP) is 1.64. The second kappa shape index (κ2) is 3.02. The van der Waals surface area contributed by atoms with Crippen molar-refractivity contribution in [1.29, 1.82) is 0 Å². The lowest BCUT2D eigenvalue weighted by Gasteiger charge is -1.96. The van der Waals surface area contributed by atoms with E-state index >= 15 is 0 Å². The smallest absolute Gasteiger partial charge is 0.0827 e. The first-order valence-corrected chi connectivity index (χ1v) is 4.73. The van der Waals surface area contributed by atoms with Crippen LogP contribution in [-0.2, 0) is 0 Å². The van der Waals surface area contributed by atoms with Gasteiger partial charge in [-0.1, -0.05) is 0 Å². The molecule has 1 rings (SSSR count). The summed E-state index contributed by atoms with van der Waals surface area (Å²) in [4.78, 5) is 10.5. The fraction of sp³-hybridized carbons (Fsp3) is 0. The van der Waals surface area contributed by atoms with Gasteiger partial charge in [-0.25, -0.2) is 0 Å². The van der Waals surface area contributed by atoms with Crippen LogP contribution in [0.3, 0.4) is 0 Å². The minimum absolute atomic E-state index is 0.215. The van der Waals surface area contributed by atoms with Gasteiger partial charge in [-0.15, -0.1) is 11.3 Å². The van der Waals surface area contributed by atoms with Gasteiger partial charge >= 0.3 is 0 Å². The number of thiophene rings is 1. The van der Waals surface area contributed by atoms with Gasteiger partial charge in [-0.2, -0.15) is 0 Å². The van der Waals surface area contributed by atoms with E-state index in [9.17, 15) is 9.90 Å². The van der Waals surface area contributed by atoms with Crippen molar-refractivity contribution in [2.75, 3.05) is 0 Å². The molecule has 10 heavy (non-hydrogen) atoms. The Kier molecular flexibility index (Phi) is 2.49. The van der Waals surface area contributed by atoms with E-state index < -0.39 is 5.97 Å². The fourth-order valence-electron chi connectivity index (χ4n) is 0.460. The van der Waals surface area contributed by atoms with Crippen molar-refractivity contribution >= 4 is 49.2 Å². The van der Waals surface area contributed by atoms with Gasteiger partial charge in [0, 0.05) is 9.85 Å².